The van der Waals surface area contributed by atoms with Crippen LogP contribution in [0.25, 0.3) is 89.7 Å². The molecule has 2 aliphatic heterocycles. The van der Waals surface area contributed by atoms with Crippen molar-refractivity contribution < 1.29 is 75.8 Å². The van der Waals surface area contributed by atoms with E-state index in [0.29, 0.717) is 223 Å². The summed E-state index contributed by atoms with van der Waals surface area (Å²) in [6, 6.07) is 56.5. The summed E-state index contributed by atoms with van der Waals surface area (Å²) in [6.07, 6.45) is 0. The standard InChI is InChI=1S/C100H130N12O16/c1-13-109(9,14-2)73-25-21-29-77(65-73)121-57-49-113-41-45-117-53-61-125-81-33-37-85-89(69-81)97-101-93(85)106-98-91-71-83(127-63-55-119-47-43-115-51-59-123-79-31-23-27-75(67-79)111(11,17-5)18-6)35-39-87(91)95(103-98)108-100-92-72-84(128-64-56-120-48-44-116-52-60-124-80-32-24-28-76(68-80)112(12,19-7)20-8)36-40-88(92)96(104-100)107-99-90-70-82(34-38-86(90)94(102-99)105-97)126-62-54-118-46-42-114-50-58-122-78-30-22-26-74(66-78)110(10,15-3)16-4/h21-40,65-72H,13-20,41-64H2,1-12H3,(H2,101,102,103,104,105,106,107,108)/q+4. The molecule has 0 spiro atoms. The second-order valence-corrected chi connectivity index (χ2v) is 32.2. The summed E-state index contributed by atoms with van der Waals surface area (Å²) in [5.41, 5.74) is 9.59. The molecular formula is C100H130N12O16+4. The molecule has 682 valence electrons. The molecule has 28 heteroatoms. The number of ether oxygens (including phenoxy) is 16. The quantitative estimate of drug-likeness (QED) is 0.0265. The first-order valence-corrected chi connectivity index (χ1v) is 45.4. The van der Waals surface area contributed by atoms with Gasteiger partial charge in [-0.1, -0.05) is 24.3 Å². The molecule has 0 fully saturated rings. The maximum Gasteiger partial charge on any atom is 0.164 e. The number of fused-ring (bicyclic) bond motifs is 20. The number of H-pyrrole nitrogens is 2. The highest BCUT2D eigenvalue weighted by Crippen LogP contribution is 2.41. The highest BCUT2D eigenvalue weighted by molar-refractivity contribution is 6.07. The Morgan fingerprint density at radius 1 is 0.203 bits per heavy atom. The Morgan fingerprint density at radius 3 is 0.648 bits per heavy atom. The van der Waals surface area contributed by atoms with Crippen LogP contribution in [0.2, 0.25) is 0 Å². The fourth-order valence-corrected chi connectivity index (χ4v) is 15.1. The number of hydrogen-bond acceptors (Lipinski definition) is 22. The number of nitrogens with zero attached hydrogens (tertiary/aromatic N) is 10. The van der Waals surface area contributed by atoms with Crippen molar-refractivity contribution in [2.45, 2.75) is 55.4 Å². The second kappa shape index (κ2) is 46.9. The first-order chi connectivity index (χ1) is 62.5. The van der Waals surface area contributed by atoms with Crippen molar-refractivity contribution in [3.8, 4) is 91.5 Å². The van der Waals surface area contributed by atoms with Gasteiger partial charge in [0, 0.05) is 68.1 Å². The number of hydrogen-bond donors (Lipinski definition) is 2. The Morgan fingerprint density at radius 2 is 0.406 bits per heavy atom. The molecule has 128 heavy (non-hydrogen) atoms. The van der Waals surface area contributed by atoms with Crippen molar-refractivity contribution in [1.82, 2.24) is 57.8 Å². The van der Waals surface area contributed by atoms with Crippen LogP contribution in [0.1, 0.15) is 55.4 Å². The third kappa shape index (κ3) is 24.9. The zero-order valence-electron chi connectivity index (χ0n) is 76.8. The maximum atomic E-state index is 6.42. The number of quaternary nitrogens is 4. The predicted molar refractivity (Wildman–Crippen MR) is 508 cm³/mol. The van der Waals surface area contributed by atoms with Crippen molar-refractivity contribution in [1.29, 1.82) is 0 Å². The van der Waals surface area contributed by atoms with E-state index in [0.717, 1.165) is 115 Å². The molecule has 3 aromatic heterocycles. The third-order valence-electron chi connectivity index (χ3n) is 24.5. The lowest BCUT2D eigenvalue weighted by Gasteiger charge is -2.31. The molecule has 0 unspecified atom stereocenters. The number of nitrogens with one attached hydrogen (secondary N) is 2. The van der Waals surface area contributed by atoms with Gasteiger partial charge in [0.05, 0.1) is 186 Å². The van der Waals surface area contributed by atoms with Crippen LogP contribution in [0.5, 0.6) is 46.0 Å². The molecule has 0 atom stereocenters. The second-order valence-electron chi connectivity index (χ2n) is 32.2. The molecule has 8 bridgehead atoms. The van der Waals surface area contributed by atoms with E-state index in [2.05, 4.69) is 142 Å². The summed E-state index contributed by atoms with van der Waals surface area (Å²) in [5, 5.41) is 2.92. The van der Waals surface area contributed by atoms with E-state index in [-0.39, 0.29) is 26.4 Å². The van der Waals surface area contributed by atoms with Gasteiger partial charge in [-0.05, 0) is 177 Å². The van der Waals surface area contributed by atoms with Gasteiger partial charge in [0.1, 0.15) is 144 Å². The van der Waals surface area contributed by atoms with E-state index >= 15 is 0 Å². The summed E-state index contributed by atoms with van der Waals surface area (Å²) in [6.45, 7) is 34.4. The van der Waals surface area contributed by atoms with Gasteiger partial charge >= 0.3 is 0 Å². The lowest BCUT2D eigenvalue weighted by atomic mass is 10.1. The SMILES string of the molecule is CC[N+](C)(CC)c1cccc(OCCOCCOCCOc2ccc3c(c2)-c2nc-3nc3[nH]c(nc4nc(nc5[nH]c(n2)c2ccc(OCCOCCOCCOc6cccc([N+](C)(CC)CC)c6)cc52)-c2ccc(OCCOCCOCCOc5cccc([N+](C)(CC)CC)c5)cc2-4)c2ccc(OCCOCCOCCOc4cccc([N+](C)(CC)CC)c4)cc32)c1. The Labute approximate surface area is 752 Å². The summed E-state index contributed by atoms with van der Waals surface area (Å²) >= 11 is 0. The molecule has 13 rings (SSSR count). The van der Waals surface area contributed by atoms with Crippen LogP contribution in [-0.4, -0.2) is 279 Å². The van der Waals surface area contributed by atoms with Crippen LogP contribution in [0.4, 0.5) is 22.7 Å². The number of aromatic nitrogens is 8. The molecule has 0 radical (unpaired) electrons. The average Bonchev–Trinajstić information content (AvgIpc) is 1.59. The molecule has 11 aromatic rings. The third-order valence-corrected chi connectivity index (χ3v) is 24.5. The first kappa shape index (κ1) is 94.6. The predicted octanol–water partition coefficient (Wildman–Crippen LogP) is 16.7. The molecule has 0 amide bonds. The van der Waals surface area contributed by atoms with Crippen LogP contribution >= 0.6 is 0 Å². The molecule has 2 aliphatic rings. The van der Waals surface area contributed by atoms with Gasteiger partial charge in [-0.2, -0.15) is 0 Å². The van der Waals surface area contributed by atoms with E-state index in [1.807, 2.05) is 121 Å². The lowest BCUT2D eigenvalue weighted by Crippen LogP contribution is -2.44. The van der Waals surface area contributed by atoms with Crippen LogP contribution in [0.3, 0.4) is 0 Å². The van der Waals surface area contributed by atoms with E-state index in [1.54, 1.807) is 0 Å². The van der Waals surface area contributed by atoms with Crippen molar-refractivity contribution >= 4 is 66.9 Å². The van der Waals surface area contributed by atoms with E-state index in [9.17, 15) is 0 Å². The highest BCUT2D eigenvalue weighted by Gasteiger charge is 2.28. The zero-order chi connectivity index (χ0) is 89.6. The maximum absolute atomic E-state index is 6.42. The minimum atomic E-state index is 0.268. The summed E-state index contributed by atoms with van der Waals surface area (Å²) < 4.78 is 101. The fourth-order valence-electron chi connectivity index (χ4n) is 15.1. The molecule has 2 N–H and O–H groups in total. The summed E-state index contributed by atoms with van der Waals surface area (Å²) in [4.78, 5) is 39.2. The topological polar surface area (TPSA) is 257 Å². The molecule has 8 aromatic carbocycles. The molecule has 0 aliphatic carbocycles. The molecule has 28 nitrogen and oxygen atoms in total. The molecule has 0 saturated heterocycles. The highest BCUT2D eigenvalue weighted by atomic mass is 16.6. The largest absolute Gasteiger partial charge is 0.491 e. The normalized spacial score (nSPS) is 12.2. The molecule has 5 heterocycles. The van der Waals surface area contributed by atoms with Crippen LogP contribution in [-0.2, 0) is 37.9 Å². The monoisotopic (exact) mass is 1750 g/mol. The zero-order valence-corrected chi connectivity index (χ0v) is 76.8. The minimum Gasteiger partial charge on any atom is -0.491 e. The van der Waals surface area contributed by atoms with E-state index in [1.165, 1.54) is 22.7 Å². The summed E-state index contributed by atoms with van der Waals surface area (Å²) in [5.74, 6) is 7.22. The van der Waals surface area contributed by atoms with Crippen LogP contribution in [0.15, 0.2) is 170 Å². The van der Waals surface area contributed by atoms with Gasteiger partial charge in [-0.15, -0.1) is 0 Å². The lowest BCUT2D eigenvalue weighted by molar-refractivity contribution is 0.0273. The van der Waals surface area contributed by atoms with Gasteiger partial charge in [0.2, 0.25) is 0 Å². The van der Waals surface area contributed by atoms with Gasteiger partial charge < -0.3 is 85.8 Å². The number of aromatic amines is 2. The average molecular weight is 1760 g/mol. The fraction of sp³-hybridized carbons (Fsp3) is 0.440. The first-order valence-electron chi connectivity index (χ1n) is 45.4. The van der Waals surface area contributed by atoms with Gasteiger partial charge in [-0.3, -0.25) is 17.9 Å². The Hall–Kier alpha value is -11.0. The number of benzene rings is 8. The number of rotatable bonds is 56. The minimum absolute atomic E-state index is 0.268. The van der Waals surface area contributed by atoms with Crippen molar-refractivity contribution in [2.24, 2.45) is 0 Å². The van der Waals surface area contributed by atoms with E-state index in [4.69, 9.17) is 106 Å². The van der Waals surface area contributed by atoms with Crippen molar-refractivity contribution in [3.63, 3.8) is 0 Å². The van der Waals surface area contributed by atoms with Crippen LogP contribution in [0, 0.1) is 0 Å². The molecular weight excluding hydrogens is 1630 g/mol. The van der Waals surface area contributed by atoms with Crippen molar-refractivity contribution in [3.05, 3.63) is 170 Å². The summed E-state index contributed by atoms with van der Waals surface area (Å²) in [7, 11) is 8.94. The van der Waals surface area contributed by atoms with Crippen LogP contribution < -0.4 is 55.8 Å². The smallest absolute Gasteiger partial charge is 0.164 e. The van der Waals surface area contributed by atoms with E-state index < -0.39 is 0 Å². The molecule has 0 saturated carbocycles. The van der Waals surface area contributed by atoms with Crippen molar-refractivity contribution in [2.75, 3.05) is 239 Å². The Kier molecular flexibility index (Phi) is 34.6. The van der Waals surface area contributed by atoms with Gasteiger partial charge in [-0.25, -0.2) is 29.9 Å². The van der Waals surface area contributed by atoms with Gasteiger partial charge in [0.15, 0.2) is 23.3 Å². The Bertz CT molecular complexity index is 5220. The van der Waals surface area contributed by atoms with Gasteiger partial charge in [0.25, 0.3) is 0 Å². The Balaban J connectivity index is 0.729.